The summed E-state index contributed by atoms with van der Waals surface area (Å²) in [5, 5.41) is 11.1. The van der Waals surface area contributed by atoms with Gasteiger partial charge in [0.25, 0.3) is 0 Å². The molecule has 18 heavy (non-hydrogen) atoms. The minimum absolute atomic E-state index is 0.0904. The van der Waals surface area contributed by atoms with Crippen LogP contribution in [0.15, 0.2) is 36.5 Å². The molecular formula is C11H8ClN3O3. The molecule has 0 aliphatic rings. The first kappa shape index (κ1) is 12.3. The van der Waals surface area contributed by atoms with Crippen LogP contribution in [-0.2, 0) is 6.61 Å². The second kappa shape index (κ2) is 5.42. The van der Waals surface area contributed by atoms with Gasteiger partial charge in [-0.1, -0.05) is 17.7 Å². The summed E-state index contributed by atoms with van der Waals surface area (Å²) in [4.78, 5) is 17.8. The SMILES string of the molecule is O=[N+]([O-])c1ncccc1OCc1cccc(Cl)n1. The van der Waals surface area contributed by atoms with Crippen molar-refractivity contribution in [2.75, 3.05) is 0 Å². The zero-order valence-electron chi connectivity index (χ0n) is 9.12. The second-order valence-electron chi connectivity index (χ2n) is 3.32. The van der Waals surface area contributed by atoms with Crippen LogP contribution in [0.25, 0.3) is 0 Å². The maximum atomic E-state index is 10.7. The molecule has 0 aliphatic heterocycles. The van der Waals surface area contributed by atoms with Crippen LogP contribution in [0.2, 0.25) is 5.15 Å². The molecule has 0 bridgehead atoms. The van der Waals surface area contributed by atoms with Gasteiger partial charge in [-0.05, 0) is 34.2 Å². The predicted octanol–water partition coefficient (Wildman–Crippen LogP) is 2.62. The van der Waals surface area contributed by atoms with Crippen LogP contribution in [0, 0.1) is 10.1 Å². The molecule has 0 radical (unpaired) electrons. The number of ether oxygens (including phenoxy) is 1. The zero-order valence-corrected chi connectivity index (χ0v) is 9.87. The molecule has 6 nitrogen and oxygen atoms in total. The zero-order chi connectivity index (χ0) is 13.0. The summed E-state index contributed by atoms with van der Waals surface area (Å²) in [6.45, 7) is 0.0904. The van der Waals surface area contributed by atoms with Gasteiger partial charge in [0.2, 0.25) is 5.75 Å². The molecule has 0 unspecified atom stereocenters. The van der Waals surface area contributed by atoms with Crippen LogP contribution in [0.5, 0.6) is 5.75 Å². The first-order valence-corrected chi connectivity index (χ1v) is 5.38. The number of aromatic nitrogens is 2. The molecule has 0 aromatic carbocycles. The number of nitrogens with zero attached hydrogens (tertiary/aromatic N) is 3. The average Bonchev–Trinajstić information content (AvgIpc) is 2.37. The van der Waals surface area contributed by atoms with E-state index < -0.39 is 4.92 Å². The van der Waals surface area contributed by atoms with Crippen molar-refractivity contribution >= 4 is 17.4 Å². The molecule has 2 heterocycles. The standard InChI is InChI=1S/C11H8ClN3O3/c12-10-5-1-3-8(14-10)7-18-9-4-2-6-13-11(9)15(16)17/h1-6H,7H2. The third-order valence-corrected chi connectivity index (χ3v) is 2.28. The van der Waals surface area contributed by atoms with Crippen LogP contribution in [-0.4, -0.2) is 14.9 Å². The topological polar surface area (TPSA) is 78.2 Å². The fraction of sp³-hybridized carbons (Fsp3) is 0.0909. The highest BCUT2D eigenvalue weighted by Gasteiger charge is 2.15. The summed E-state index contributed by atoms with van der Waals surface area (Å²) in [6, 6.07) is 8.13. The molecule has 2 rings (SSSR count). The molecule has 0 saturated heterocycles. The molecule has 0 atom stereocenters. The van der Waals surface area contributed by atoms with Gasteiger partial charge in [0.05, 0.1) is 5.69 Å². The highest BCUT2D eigenvalue weighted by atomic mass is 35.5. The Morgan fingerprint density at radius 1 is 1.33 bits per heavy atom. The van der Waals surface area contributed by atoms with Crippen molar-refractivity contribution < 1.29 is 9.66 Å². The number of rotatable bonds is 4. The maximum absolute atomic E-state index is 10.7. The van der Waals surface area contributed by atoms with E-state index in [0.717, 1.165) is 0 Å². The molecule has 7 heteroatoms. The van der Waals surface area contributed by atoms with Gasteiger partial charge in [0.1, 0.15) is 18.0 Å². The van der Waals surface area contributed by atoms with E-state index in [2.05, 4.69) is 9.97 Å². The van der Waals surface area contributed by atoms with E-state index in [1.54, 1.807) is 24.3 Å². The average molecular weight is 266 g/mol. The summed E-state index contributed by atoms with van der Waals surface area (Å²) >= 11 is 5.72. The number of hydrogen-bond acceptors (Lipinski definition) is 5. The van der Waals surface area contributed by atoms with Crippen molar-refractivity contribution in [2.45, 2.75) is 6.61 Å². The Hall–Kier alpha value is -2.21. The van der Waals surface area contributed by atoms with Crippen LogP contribution in [0.4, 0.5) is 5.82 Å². The summed E-state index contributed by atoms with van der Waals surface area (Å²) in [6.07, 6.45) is 1.34. The minimum Gasteiger partial charge on any atom is -0.479 e. The minimum atomic E-state index is -0.596. The Bertz CT molecular complexity index is 577. The smallest absolute Gasteiger partial charge is 0.406 e. The van der Waals surface area contributed by atoms with Crippen molar-refractivity contribution in [3.63, 3.8) is 0 Å². The summed E-state index contributed by atoms with van der Waals surface area (Å²) in [5.41, 5.74) is 0.584. The van der Waals surface area contributed by atoms with E-state index in [4.69, 9.17) is 16.3 Å². The summed E-state index contributed by atoms with van der Waals surface area (Å²) in [7, 11) is 0. The normalized spacial score (nSPS) is 10.1. The molecule has 2 aromatic heterocycles. The lowest BCUT2D eigenvalue weighted by Crippen LogP contribution is -2.01. The molecule has 0 fully saturated rings. The Kier molecular flexibility index (Phi) is 3.69. The Morgan fingerprint density at radius 2 is 2.17 bits per heavy atom. The van der Waals surface area contributed by atoms with E-state index in [1.807, 2.05) is 0 Å². The van der Waals surface area contributed by atoms with E-state index in [-0.39, 0.29) is 18.2 Å². The Balaban J connectivity index is 2.13. The number of hydrogen-bond donors (Lipinski definition) is 0. The van der Waals surface area contributed by atoms with Crippen LogP contribution in [0.1, 0.15) is 5.69 Å². The van der Waals surface area contributed by atoms with Gasteiger partial charge in [0.15, 0.2) is 0 Å². The lowest BCUT2D eigenvalue weighted by atomic mass is 10.3. The van der Waals surface area contributed by atoms with Gasteiger partial charge in [-0.2, -0.15) is 0 Å². The number of nitro groups is 1. The predicted molar refractivity (Wildman–Crippen MR) is 64.5 cm³/mol. The summed E-state index contributed by atoms with van der Waals surface area (Å²) in [5.74, 6) is -0.219. The number of halogens is 1. The first-order chi connectivity index (χ1) is 8.66. The molecule has 0 N–H and O–H groups in total. The fourth-order valence-corrected chi connectivity index (χ4v) is 1.50. The Morgan fingerprint density at radius 3 is 2.89 bits per heavy atom. The molecule has 2 aromatic rings. The van der Waals surface area contributed by atoms with Crippen molar-refractivity contribution in [1.29, 1.82) is 0 Å². The summed E-state index contributed by atoms with van der Waals surface area (Å²) < 4.78 is 5.31. The Labute approximate surface area is 107 Å². The monoisotopic (exact) mass is 265 g/mol. The number of pyridine rings is 2. The molecule has 0 amide bonds. The quantitative estimate of drug-likeness (QED) is 0.482. The van der Waals surface area contributed by atoms with Crippen LogP contribution < -0.4 is 4.74 Å². The maximum Gasteiger partial charge on any atom is 0.406 e. The molecular weight excluding hydrogens is 258 g/mol. The molecule has 0 spiro atoms. The van der Waals surface area contributed by atoms with Gasteiger partial charge in [-0.3, -0.25) is 0 Å². The second-order valence-corrected chi connectivity index (χ2v) is 3.71. The van der Waals surface area contributed by atoms with E-state index in [0.29, 0.717) is 10.8 Å². The highest BCUT2D eigenvalue weighted by Crippen LogP contribution is 2.23. The fourth-order valence-electron chi connectivity index (χ4n) is 1.31. The molecule has 0 aliphatic carbocycles. The van der Waals surface area contributed by atoms with E-state index >= 15 is 0 Å². The third-order valence-electron chi connectivity index (χ3n) is 2.07. The lowest BCUT2D eigenvalue weighted by molar-refractivity contribution is -0.390. The largest absolute Gasteiger partial charge is 0.479 e. The molecule has 92 valence electrons. The van der Waals surface area contributed by atoms with Crippen molar-refractivity contribution in [2.24, 2.45) is 0 Å². The lowest BCUT2D eigenvalue weighted by Gasteiger charge is -2.05. The molecule has 0 saturated carbocycles. The van der Waals surface area contributed by atoms with Gasteiger partial charge in [0, 0.05) is 0 Å². The first-order valence-electron chi connectivity index (χ1n) is 5.00. The highest BCUT2D eigenvalue weighted by molar-refractivity contribution is 6.29. The third kappa shape index (κ3) is 2.92. The van der Waals surface area contributed by atoms with Crippen molar-refractivity contribution in [3.8, 4) is 5.75 Å². The van der Waals surface area contributed by atoms with Gasteiger partial charge in [-0.25, -0.2) is 4.98 Å². The van der Waals surface area contributed by atoms with Crippen LogP contribution in [0.3, 0.4) is 0 Å². The van der Waals surface area contributed by atoms with Gasteiger partial charge < -0.3 is 14.9 Å². The van der Waals surface area contributed by atoms with Gasteiger partial charge >= 0.3 is 5.82 Å². The van der Waals surface area contributed by atoms with Gasteiger partial charge in [-0.15, -0.1) is 0 Å². The van der Waals surface area contributed by atoms with Crippen LogP contribution >= 0.6 is 11.6 Å². The van der Waals surface area contributed by atoms with Crippen molar-refractivity contribution in [1.82, 2.24) is 9.97 Å². The van der Waals surface area contributed by atoms with E-state index in [9.17, 15) is 10.1 Å². The van der Waals surface area contributed by atoms with E-state index in [1.165, 1.54) is 12.3 Å². The van der Waals surface area contributed by atoms with Crippen molar-refractivity contribution in [3.05, 3.63) is 57.5 Å².